The van der Waals surface area contributed by atoms with E-state index >= 15 is 0 Å². The van der Waals surface area contributed by atoms with Gasteiger partial charge in [-0.2, -0.15) is 0 Å². The molecule has 0 amide bonds. The molecule has 0 spiro atoms. The van der Waals surface area contributed by atoms with Gasteiger partial charge in [0.15, 0.2) is 5.76 Å². The molecule has 2 aromatic rings. The van der Waals surface area contributed by atoms with Gasteiger partial charge in [0.25, 0.3) is 0 Å². The average molecular weight is 281 g/mol. The number of aromatic nitrogens is 1. The van der Waals surface area contributed by atoms with Crippen LogP contribution in [0.1, 0.15) is 24.3 Å². The van der Waals surface area contributed by atoms with Crippen molar-refractivity contribution < 1.29 is 12.9 Å². The second-order valence-electron chi connectivity index (χ2n) is 4.16. The maximum absolute atomic E-state index is 12.0. The monoisotopic (exact) mass is 281 g/mol. The first-order valence-electron chi connectivity index (χ1n) is 5.74. The second kappa shape index (κ2) is 5.52. The molecular formula is C12H15N3O3S. The van der Waals surface area contributed by atoms with Gasteiger partial charge in [0.1, 0.15) is 0 Å². The molecule has 0 bridgehead atoms. The normalized spacial score (nSPS) is 13.4. The molecule has 0 fully saturated rings. The summed E-state index contributed by atoms with van der Waals surface area (Å²) >= 11 is 0. The molecule has 7 heteroatoms. The summed E-state index contributed by atoms with van der Waals surface area (Å²) in [4.78, 5) is 0.191. The zero-order valence-corrected chi connectivity index (χ0v) is 11.2. The van der Waals surface area contributed by atoms with Crippen molar-refractivity contribution in [2.75, 3.05) is 0 Å². The highest BCUT2D eigenvalue weighted by Crippen LogP contribution is 2.14. The molecule has 102 valence electrons. The summed E-state index contributed by atoms with van der Waals surface area (Å²) in [5.41, 5.74) is 6.59. The third kappa shape index (κ3) is 3.40. The molecule has 0 radical (unpaired) electrons. The van der Waals surface area contributed by atoms with Crippen molar-refractivity contribution in [2.45, 2.75) is 24.4 Å². The van der Waals surface area contributed by atoms with E-state index in [0.717, 1.165) is 5.56 Å². The van der Waals surface area contributed by atoms with Gasteiger partial charge in [-0.25, -0.2) is 13.1 Å². The minimum absolute atomic E-state index is 0.0668. The summed E-state index contributed by atoms with van der Waals surface area (Å²) in [6.45, 7) is 1.91. The predicted molar refractivity (Wildman–Crippen MR) is 69.6 cm³/mol. The number of nitrogens with two attached hydrogens (primary N) is 1. The molecule has 2 rings (SSSR count). The second-order valence-corrected chi connectivity index (χ2v) is 5.93. The highest BCUT2D eigenvalue weighted by atomic mass is 32.2. The summed E-state index contributed by atoms with van der Waals surface area (Å²) in [7, 11) is -3.56. The van der Waals surface area contributed by atoms with Crippen molar-refractivity contribution >= 4 is 10.0 Å². The Morgan fingerprint density at radius 2 is 2.00 bits per heavy atom. The number of sulfonamides is 1. The first-order chi connectivity index (χ1) is 8.99. The number of benzene rings is 1. The SMILES string of the molecule is CC(N)c1ccc(S(=O)(=O)NCc2ccno2)cc1. The Hall–Kier alpha value is -1.70. The zero-order chi connectivity index (χ0) is 13.9. The Morgan fingerprint density at radius 3 is 2.53 bits per heavy atom. The van der Waals surface area contributed by atoms with Crippen molar-refractivity contribution in [2.24, 2.45) is 5.73 Å². The van der Waals surface area contributed by atoms with Gasteiger partial charge in [0.05, 0.1) is 17.6 Å². The number of rotatable bonds is 5. The van der Waals surface area contributed by atoms with E-state index in [-0.39, 0.29) is 17.5 Å². The Kier molecular flexibility index (Phi) is 3.98. The van der Waals surface area contributed by atoms with Crippen LogP contribution in [0, 0.1) is 0 Å². The minimum Gasteiger partial charge on any atom is -0.360 e. The van der Waals surface area contributed by atoms with Gasteiger partial charge >= 0.3 is 0 Å². The quantitative estimate of drug-likeness (QED) is 0.857. The van der Waals surface area contributed by atoms with Gasteiger partial charge in [0.2, 0.25) is 10.0 Å². The summed E-state index contributed by atoms with van der Waals surface area (Å²) in [6.07, 6.45) is 1.46. The molecule has 1 unspecified atom stereocenters. The van der Waals surface area contributed by atoms with Crippen molar-refractivity contribution in [3.63, 3.8) is 0 Å². The Labute approximate surface area is 111 Å². The van der Waals surface area contributed by atoms with Gasteiger partial charge in [-0.05, 0) is 24.6 Å². The van der Waals surface area contributed by atoms with Gasteiger partial charge in [-0.1, -0.05) is 17.3 Å². The van der Waals surface area contributed by atoms with Gasteiger partial charge < -0.3 is 10.3 Å². The fourth-order valence-electron chi connectivity index (χ4n) is 1.53. The molecular weight excluding hydrogens is 266 g/mol. The van der Waals surface area contributed by atoms with Gasteiger partial charge in [0, 0.05) is 12.1 Å². The van der Waals surface area contributed by atoms with Crippen LogP contribution in [0.2, 0.25) is 0 Å². The van der Waals surface area contributed by atoms with Crippen LogP contribution in [0.4, 0.5) is 0 Å². The topological polar surface area (TPSA) is 98.2 Å². The van der Waals surface area contributed by atoms with E-state index in [4.69, 9.17) is 10.3 Å². The van der Waals surface area contributed by atoms with Crippen molar-refractivity contribution in [3.05, 3.63) is 47.9 Å². The third-order valence-electron chi connectivity index (χ3n) is 2.64. The van der Waals surface area contributed by atoms with E-state index < -0.39 is 10.0 Å². The standard InChI is InChI=1S/C12H15N3O3S/c1-9(13)10-2-4-12(5-3-10)19(16,17)15-8-11-6-7-14-18-11/h2-7,9,15H,8,13H2,1H3. The fraction of sp³-hybridized carbons (Fsp3) is 0.250. The van der Waals surface area contributed by atoms with Crippen molar-refractivity contribution in [1.29, 1.82) is 0 Å². The first kappa shape index (κ1) is 13.7. The third-order valence-corrected chi connectivity index (χ3v) is 4.06. The lowest BCUT2D eigenvalue weighted by Crippen LogP contribution is -2.23. The molecule has 6 nitrogen and oxygen atoms in total. The maximum Gasteiger partial charge on any atom is 0.240 e. The van der Waals surface area contributed by atoms with Gasteiger partial charge in [-0.15, -0.1) is 0 Å². The van der Waals surface area contributed by atoms with Gasteiger partial charge in [-0.3, -0.25) is 0 Å². The van der Waals surface area contributed by atoms with E-state index in [2.05, 4.69) is 9.88 Å². The van der Waals surface area contributed by atoms with Crippen molar-refractivity contribution in [1.82, 2.24) is 9.88 Å². The van der Waals surface area contributed by atoms with E-state index in [1.54, 1.807) is 18.2 Å². The number of nitrogens with one attached hydrogen (secondary N) is 1. The van der Waals surface area contributed by atoms with E-state index in [1.807, 2.05) is 6.92 Å². The van der Waals surface area contributed by atoms with E-state index in [1.165, 1.54) is 18.3 Å². The van der Waals surface area contributed by atoms with Crippen LogP contribution in [0.3, 0.4) is 0 Å². The largest absolute Gasteiger partial charge is 0.360 e. The minimum atomic E-state index is -3.56. The lowest BCUT2D eigenvalue weighted by Gasteiger charge is -2.08. The molecule has 1 aromatic heterocycles. The lowest BCUT2D eigenvalue weighted by molar-refractivity contribution is 0.380. The summed E-state index contributed by atoms with van der Waals surface area (Å²) in [5.74, 6) is 0.454. The van der Waals surface area contributed by atoms with Crippen LogP contribution in [-0.4, -0.2) is 13.6 Å². The summed E-state index contributed by atoms with van der Waals surface area (Å²) in [6, 6.07) is 7.94. The Balaban J connectivity index is 2.10. The molecule has 0 aliphatic rings. The number of hydrogen-bond acceptors (Lipinski definition) is 5. The van der Waals surface area contributed by atoms with E-state index in [0.29, 0.717) is 5.76 Å². The number of nitrogens with zero attached hydrogens (tertiary/aromatic N) is 1. The van der Waals surface area contributed by atoms with Crippen LogP contribution >= 0.6 is 0 Å². The number of hydrogen-bond donors (Lipinski definition) is 2. The molecule has 1 atom stereocenters. The van der Waals surface area contributed by atoms with Crippen LogP contribution in [-0.2, 0) is 16.6 Å². The smallest absolute Gasteiger partial charge is 0.240 e. The molecule has 1 aromatic carbocycles. The highest BCUT2D eigenvalue weighted by Gasteiger charge is 2.14. The predicted octanol–water partition coefficient (Wildman–Crippen LogP) is 1.17. The molecule has 0 saturated carbocycles. The van der Waals surface area contributed by atoms with Crippen LogP contribution in [0.5, 0.6) is 0 Å². The van der Waals surface area contributed by atoms with Crippen LogP contribution in [0.25, 0.3) is 0 Å². The van der Waals surface area contributed by atoms with E-state index in [9.17, 15) is 8.42 Å². The summed E-state index contributed by atoms with van der Waals surface area (Å²) < 4.78 is 31.3. The maximum atomic E-state index is 12.0. The van der Waals surface area contributed by atoms with Crippen molar-refractivity contribution in [3.8, 4) is 0 Å². The van der Waals surface area contributed by atoms with Crippen LogP contribution < -0.4 is 10.5 Å². The molecule has 3 N–H and O–H groups in total. The average Bonchev–Trinajstić information content (AvgIpc) is 2.90. The molecule has 0 aliphatic heterocycles. The molecule has 0 saturated heterocycles. The molecule has 1 heterocycles. The lowest BCUT2D eigenvalue weighted by atomic mass is 10.1. The Bertz CT molecular complexity index is 619. The zero-order valence-electron chi connectivity index (χ0n) is 10.4. The fourth-order valence-corrected chi connectivity index (χ4v) is 2.53. The van der Waals surface area contributed by atoms with Crippen LogP contribution in [0.15, 0.2) is 45.9 Å². The highest BCUT2D eigenvalue weighted by molar-refractivity contribution is 7.89. The molecule has 19 heavy (non-hydrogen) atoms. The Morgan fingerprint density at radius 1 is 1.32 bits per heavy atom. The molecule has 0 aliphatic carbocycles. The first-order valence-corrected chi connectivity index (χ1v) is 7.22. The summed E-state index contributed by atoms with van der Waals surface area (Å²) in [5, 5.41) is 3.50.